The summed E-state index contributed by atoms with van der Waals surface area (Å²) >= 11 is 0. The average molecular weight is 189 g/mol. The van der Waals surface area contributed by atoms with Gasteiger partial charge in [-0.3, -0.25) is 0 Å². The van der Waals surface area contributed by atoms with E-state index in [1.807, 2.05) is 7.05 Å². The van der Waals surface area contributed by atoms with Crippen molar-refractivity contribution in [3.8, 4) is 0 Å². The zero-order valence-electron chi connectivity index (χ0n) is 8.97. The quantitative estimate of drug-likeness (QED) is 0.717. The molecule has 14 heavy (non-hydrogen) atoms. The second-order valence-corrected chi connectivity index (χ2v) is 4.16. The summed E-state index contributed by atoms with van der Waals surface area (Å²) in [5, 5.41) is 3.19. The summed E-state index contributed by atoms with van der Waals surface area (Å²) in [5.74, 6) is 0. The molecule has 0 heterocycles. The maximum atomic E-state index is 3.19. The maximum absolute atomic E-state index is 3.19. The van der Waals surface area contributed by atoms with Gasteiger partial charge in [0, 0.05) is 0 Å². The van der Waals surface area contributed by atoms with E-state index in [2.05, 4.69) is 23.5 Å². The van der Waals surface area contributed by atoms with Crippen LogP contribution in [0.1, 0.15) is 29.5 Å². The van der Waals surface area contributed by atoms with Gasteiger partial charge in [-0.15, -0.1) is 0 Å². The molecular formula is C13H19N. The Bertz CT molecular complexity index is 304. The molecule has 0 radical (unpaired) electrons. The Morgan fingerprint density at radius 1 is 1.21 bits per heavy atom. The lowest BCUT2D eigenvalue weighted by Gasteiger charge is -2.04. The van der Waals surface area contributed by atoms with Crippen molar-refractivity contribution in [2.45, 2.75) is 32.1 Å². The summed E-state index contributed by atoms with van der Waals surface area (Å²) in [6, 6.07) is 7.05. The van der Waals surface area contributed by atoms with Gasteiger partial charge in [-0.05, 0) is 62.4 Å². The lowest BCUT2D eigenvalue weighted by Crippen LogP contribution is -2.08. The van der Waals surface area contributed by atoms with Gasteiger partial charge in [-0.25, -0.2) is 0 Å². The van der Waals surface area contributed by atoms with Crippen molar-refractivity contribution in [1.29, 1.82) is 0 Å². The monoisotopic (exact) mass is 189 g/mol. The smallest absolute Gasteiger partial charge is 0.00488 e. The Labute approximate surface area is 86.5 Å². The molecule has 1 aliphatic carbocycles. The van der Waals surface area contributed by atoms with Crippen molar-refractivity contribution in [3.63, 3.8) is 0 Å². The van der Waals surface area contributed by atoms with E-state index in [1.54, 1.807) is 11.1 Å². The van der Waals surface area contributed by atoms with Gasteiger partial charge in [-0.2, -0.15) is 0 Å². The number of fused-ring (bicyclic) bond motifs is 1. The Morgan fingerprint density at radius 2 is 2.07 bits per heavy atom. The van der Waals surface area contributed by atoms with Crippen LogP contribution in [-0.4, -0.2) is 13.6 Å². The molecule has 0 fully saturated rings. The van der Waals surface area contributed by atoms with E-state index in [1.165, 1.54) is 37.7 Å². The van der Waals surface area contributed by atoms with Crippen molar-refractivity contribution < 1.29 is 0 Å². The number of hydrogen-bond donors (Lipinski definition) is 1. The fraction of sp³-hybridized carbons (Fsp3) is 0.538. The van der Waals surface area contributed by atoms with Crippen molar-refractivity contribution in [2.24, 2.45) is 0 Å². The molecule has 2 rings (SSSR count). The summed E-state index contributed by atoms with van der Waals surface area (Å²) in [4.78, 5) is 0. The van der Waals surface area contributed by atoms with Crippen LogP contribution in [0.2, 0.25) is 0 Å². The Morgan fingerprint density at radius 3 is 2.93 bits per heavy atom. The highest BCUT2D eigenvalue weighted by Crippen LogP contribution is 2.23. The first kappa shape index (κ1) is 9.72. The standard InChI is InChI=1S/C13H19N/c1-14-9-3-4-11-7-8-12-5-2-6-13(12)10-11/h7-8,10,14H,2-6,9H2,1H3. The molecule has 0 atom stereocenters. The highest BCUT2D eigenvalue weighted by atomic mass is 14.8. The first-order valence-electron chi connectivity index (χ1n) is 5.65. The molecule has 1 heteroatoms. The van der Waals surface area contributed by atoms with Gasteiger partial charge in [-0.1, -0.05) is 18.2 Å². The molecule has 1 nitrogen and oxygen atoms in total. The van der Waals surface area contributed by atoms with E-state index in [-0.39, 0.29) is 0 Å². The molecule has 1 N–H and O–H groups in total. The van der Waals surface area contributed by atoms with Crippen LogP contribution < -0.4 is 5.32 Å². The van der Waals surface area contributed by atoms with Gasteiger partial charge in [0.1, 0.15) is 0 Å². The van der Waals surface area contributed by atoms with Crippen LogP contribution in [-0.2, 0) is 19.3 Å². The molecule has 0 amide bonds. The lowest BCUT2D eigenvalue weighted by molar-refractivity contribution is 0.724. The van der Waals surface area contributed by atoms with Crippen LogP contribution in [0.5, 0.6) is 0 Å². The van der Waals surface area contributed by atoms with Crippen LogP contribution in [0.4, 0.5) is 0 Å². The first-order valence-corrected chi connectivity index (χ1v) is 5.65. The van der Waals surface area contributed by atoms with Crippen LogP contribution in [0.25, 0.3) is 0 Å². The minimum absolute atomic E-state index is 1.12. The summed E-state index contributed by atoms with van der Waals surface area (Å²) < 4.78 is 0. The van der Waals surface area contributed by atoms with Crippen molar-refractivity contribution >= 4 is 0 Å². The zero-order valence-corrected chi connectivity index (χ0v) is 8.97. The number of nitrogens with one attached hydrogen (secondary N) is 1. The van der Waals surface area contributed by atoms with Crippen LogP contribution in [0.15, 0.2) is 18.2 Å². The highest BCUT2D eigenvalue weighted by molar-refractivity contribution is 5.35. The summed E-state index contributed by atoms with van der Waals surface area (Å²) in [5.41, 5.74) is 4.70. The number of rotatable bonds is 4. The molecule has 1 aromatic rings. The summed E-state index contributed by atoms with van der Waals surface area (Å²) in [6.45, 7) is 1.12. The SMILES string of the molecule is CNCCCc1ccc2c(c1)CCC2. The van der Waals surface area contributed by atoms with Gasteiger partial charge in [0.05, 0.1) is 0 Å². The van der Waals surface area contributed by atoms with Gasteiger partial charge in [0.15, 0.2) is 0 Å². The molecule has 0 bridgehead atoms. The van der Waals surface area contributed by atoms with Gasteiger partial charge in [0.25, 0.3) is 0 Å². The minimum Gasteiger partial charge on any atom is -0.320 e. The lowest BCUT2D eigenvalue weighted by atomic mass is 10.0. The van der Waals surface area contributed by atoms with Crippen LogP contribution in [0, 0.1) is 0 Å². The van der Waals surface area contributed by atoms with Crippen LogP contribution >= 0.6 is 0 Å². The Kier molecular flexibility index (Phi) is 3.20. The third-order valence-electron chi connectivity index (χ3n) is 3.06. The molecular weight excluding hydrogens is 170 g/mol. The average Bonchev–Trinajstić information content (AvgIpc) is 2.65. The minimum atomic E-state index is 1.12. The highest BCUT2D eigenvalue weighted by Gasteiger charge is 2.10. The Hall–Kier alpha value is -0.820. The second-order valence-electron chi connectivity index (χ2n) is 4.16. The largest absolute Gasteiger partial charge is 0.320 e. The first-order chi connectivity index (χ1) is 6.90. The van der Waals surface area contributed by atoms with Gasteiger partial charge < -0.3 is 5.32 Å². The fourth-order valence-corrected chi connectivity index (χ4v) is 2.25. The third kappa shape index (κ3) is 2.16. The molecule has 1 aromatic carbocycles. The van der Waals surface area contributed by atoms with E-state index < -0.39 is 0 Å². The van der Waals surface area contributed by atoms with Gasteiger partial charge >= 0.3 is 0 Å². The zero-order chi connectivity index (χ0) is 9.80. The maximum Gasteiger partial charge on any atom is -0.00488 e. The van der Waals surface area contributed by atoms with Crippen molar-refractivity contribution in [2.75, 3.05) is 13.6 Å². The number of benzene rings is 1. The van der Waals surface area contributed by atoms with E-state index in [0.29, 0.717) is 0 Å². The van der Waals surface area contributed by atoms with E-state index in [4.69, 9.17) is 0 Å². The van der Waals surface area contributed by atoms with Gasteiger partial charge in [0.2, 0.25) is 0 Å². The molecule has 0 saturated heterocycles. The molecule has 0 spiro atoms. The molecule has 0 aromatic heterocycles. The van der Waals surface area contributed by atoms with Crippen LogP contribution in [0.3, 0.4) is 0 Å². The molecule has 0 saturated carbocycles. The third-order valence-corrected chi connectivity index (χ3v) is 3.06. The number of aryl methyl sites for hydroxylation is 3. The molecule has 0 unspecified atom stereocenters. The van der Waals surface area contributed by atoms with E-state index in [9.17, 15) is 0 Å². The Balaban J connectivity index is 1.98. The van der Waals surface area contributed by atoms with E-state index >= 15 is 0 Å². The number of hydrogen-bond acceptors (Lipinski definition) is 1. The van der Waals surface area contributed by atoms with E-state index in [0.717, 1.165) is 6.54 Å². The fourth-order valence-electron chi connectivity index (χ4n) is 2.25. The molecule has 0 aliphatic heterocycles. The molecule has 1 aliphatic rings. The van der Waals surface area contributed by atoms with Crippen molar-refractivity contribution in [3.05, 3.63) is 34.9 Å². The second kappa shape index (κ2) is 4.61. The topological polar surface area (TPSA) is 12.0 Å². The normalized spacial score (nSPS) is 14.4. The predicted molar refractivity (Wildman–Crippen MR) is 60.7 cm³/mol. The molecule has 76 valence electrons. The van der Waals surface area contributed by atoms with Crippen molar-refractivity contribution in [1.82, 2.24) is 5.32 Å². The predicted octanol–water partition coefficient (Wildman–Crippen LogP) is 2.33. The summed E-state index contributed by atoms with van der Waals surface area (Å²) in [6.07, 6.45) is 6.42. The summed E-state index contributed by atoms with van der Waals surface area (Å²) in [7, 11) is 2.02.